The monoisotopic (exact) mass is 397 g/mol. The fourth-order valence-corrected chi connectivity index (χ4v) is 4.43. The Morgan fingerprint density at radius 2 is 1.76 bits per heavy atom. The van der Waals surface area contributed by atoms with Crippen molar-refractivity contribution in [2.45, 2.75) is 13.0 Å². The number of aromatic hydroxyl groups is 1. The molecule has 0 aliphatic heterocycles. The lowest BCUT2D eigenvalue weighted by Crippen LogP contribution is -2.12. The molecule has 0 fully saturated rings. The van der Waals surface area contributed by atoms with Crippen molar-refractivity contribution in [3.63, 3.8) is 0 Å². The summed E-state index contributed by atoms with van der Waals surface area (Å²) in [6.07, 6.45) is 1.70. The number of nitrogens with zero attached hydrogens (tertiary/aromatic N) is 2. The average molecular weight is 398 g/mol. The maximum atomic E-state index is 11.0. The van der Waals surface area contributed by atoms with Gasteiger partial charge in [0.25, 0.3) is 0 Å². The zero-order valence-electron chi connectivity index (χ0n) is 15.8. The van der Waals surface area contributed by atoms with E-state index in [1.807, 2.05) is 42.5 Å². The van der Waals surface area contributed by atoms with Crippen molar-refractivity contribution < 1.29 is 5.11 Å². The van der Waals surface area contributed by atoms with Gasteiger partial charge in [-0.1, -0.05) is 71.5 Å². The summed E-state index contributed by atoms with van der Waals surface area (Å²) in [6, 6.07) is 24.0. The number of thiazole rings is 1. The number of aromatic nitrogens is 2. The zero-order valence-corrected chi connectivity index (χ0v) is 16.6. The molecule has 2 N–H and O–H groups in total. The van der Waals surface area contributed by atoms with Crippen LogP contribution in [0.5, 0.6) is 5.75 Å². The zero-order chi connectivity index (χ0) is 19.8. The summed E-state index contributed by atoms with van der Waals surface area (Å²) in [6.45, 7) is 2.07. The summed E-state index contributed by atoms with van der Waals surface area (Å²) in [5.41, 5.74) is 4.59. The molecular weight excluding hydrogens is 378 g/mol. The predicted molar refractivity (Wildman–Crippen MR) is 120 cm³/mol. The van der Waals surface area contributed by atoms with E-state index in [0.717, 1.165) is 31.9 Å². The molecule has 1 atom stereocenters. The Labute approximate surface area is 172 Å². The van der Waals surface area contributed by atoms with Gasteiger partial charge < -0.3 is 10.4 Å². The fourth-order valence-electron chi connectivity index (χ4n) is 3.54. The molecule has 5 rings (SSSR count). The van der Waals surface area contributed by atoms with Crippen LogP contribution in [0.25, 0.3) is 21.1 Å². The Balaban J connectivity index is 1.64. The van der Waals surface area contributed by atoms with Gasteiger partial charge in [0.05, 0.1) is 16.3 Å². The van der Waals surface area contributed by atoms with Gasteiger partial charge in [-0.15, -0.1) is 0 Å². The number of fused-ring (bicyclic) bond motifs is 2. The molecule has 0 saturated heterocycles. The number of phenolic OH excluding ortho intramolecular Hbond substituents is 1. The van der Waals surface area contributed by atoms with Gasteiger partial charge >= 0.3 is 0 Å². The Bertz CT molecular complexity index is 1280. The van der Waals surface area contributed by atoms with Crippen LogP contribution in [0.2, 0.25) is 0 Å². The summed E-state index contributed by atoms with van der Waals surface area (Å²) in [5, 5.41) is 16.3. The third-order valence-corrected chi connectivity index (χ3v) is 6.03. The van der Waals surface area contributed by atoms with Gasteiger partial charge in [0.2, 0.25) is 0 Å². The minimum atomic E-state index is -0.248. The maximum Gasteiger partial charge on any atom is 0.184 e. The van der Waals surface area contributed by atoms with Gasteiger partial charge in [-0.2, -0.15) is 0 Å². The van der Waals surface area contributed by atoms with Crippen LogP contribution in [0.15, 0.2) is 79.0 Å². The molecule has 142 valence electrons. The summed E-state index contributed by atoms with van der Waals surface area (Å²) in [5.74, 6) is 0.197. The van der Waals surface area contributed by atoms with Crippen molar-refractivity contribution in [3.05, 3.63) is 95.7 Å². The molecule has 0 aliphatic rings. The molecule has 5 aromatic rings. The van der Waals surface area contributed by atoms with Crippen LogP contribution < -0.4 is 5.32 Å². The second-order valence-corrected chi connectivity index (χ2v) is 8.08. The highest BCUT2D eigenvalue weighted by Crippen LogP contribution is 2.38. The molecule has 1 unspecified atom stereocenters. The van der Waals surface area contributed by atoms with Crippen LogP contribution in [-0.4, -0.2) is 15.1 Å². The number of nitrogens with one attached hydrogen (secondary N) is 1. The molecule has 0 bridgehead atoms. The normalized spacial score (nSPS) is 12.3. The van der Waals surface area contributed by atoms with E-state index in [9.17, 15) is 5.11 Å². The number of anilines is 1. The number of pyridine rings is 1. The van der Waals surface area contributed by atoms with Crippen LogP contribution in [-0.2, 0) is 0 Å². The Morgan fingerprint density at radius 1 is 0.931 bits per heavy atom. The van der Waals surface area contributed by atoms with Crippen molar-refractivity contribution >= 4 is 37.6 Å². The van der Waals surface area contributed by atoms with E-state index in [2.05, 4.69) is 47.6 Å². The molecule has 5 heteroatoms. The molecular formula is C24H19N3OS. The van der Waals surface area contributed by atoms with Crippen LogP contribution >= 0.6 is 11.3 Å². The summed E-state index contributed by atoms with van der Waals surface area (Å²) < 4.78 is 1.13. The van der Waals surface area contributed by atoms with E-state index in [4.69, 9.17) is 4.98 Å². The van der Waals surface area contributed by atoms with Gasteiger partial charge in [0.15, 0.2) is 5.13 Å². The van der Waals surface area contributed by atoms with Crippen molar-refractivity contribution in [3.8, 4) is 5.75 Å². The number of para-hydroxylation sites is 1. The summed E-state index contributed by atoms with van der Waals surface area (Å²) in [7, 11) is 0. The Morgan fingerprint density at radius 3 is 2.59 bits per heavy atom. The van der Waals surface area contributed by atoms with Gasteiger partial charge in [-0.05, 0) is 30.7 Å². The lowest BCUT2D eigenvalue weighted by atomic mass is 9.96. The van der Waals surface area contributed by atoms with Gasteiger partial charge in [-0.25, -0.2) is 4.98 Å². The standard InChI is InChI=1S/C24H19N3OS/c1-15-8-10-17(11-9-15)21(27-24-26-19-6-2-3-7-20(19)29-24)18-13-12-16-5-4-14-25-22(16)23(18)28/h2-14,21,28H,1H3,(H,26,27). The van der Waals surface area contributed by atoms with E-state index in [1.165, 1.54) is 5.56 Å². The second-order valence-electron chi connectivity index (χ2n) is 7.05. The van der Waals surface area contributed by atoms with E-state index in [0.29, 0.717) is 5.52 Å². The first-order valence-electron chi connectivity index (χ1n) is 9.44. The molecule has 0 radical (unpaired) electrons. The first-order chi connectivity index (χ1) is 14.2. The minimum Gasteiger partial charge on any atom is -0.505 e. The predicted octanol–water partition coefficient (Wildman–Crippen LogP) is 6.06. The summed E-state index contributed by atoms with van der Waals surface area (Å²) >= 11 is 1.61. The number of phenols is 1. The van der Waals surface area contributed by atoms with Crippen LogP contribution in [0.4, 0.5) is 5.13 Å². The van der Waals surface area contributed by atoms with Gasteiger partial charge in [-0.3, -0.25) is 4.98 Å². The highest BCUT2D eigenvalue weighted by molar-refractivity contribution is 7.22. The van der Waals surface area contributed by atoms with E-state index >= 15 is 0 Å². The first kappa shape index (κ1) is 17.6. The quantitative estimate of drug-likeness (QED) is 0.387. The van der Waals surface area contributed by atoms with Crippen molar-refractivity contribution in [2.24, 2.45) is 0 Å². The van der Waals surface area contributed by atoms with Crippen molar-refractivity contribution in [1.82, 2.24) is 9.97 Å². The lowest BCUT2D eigenvalue weighted by molar-refractivity contribution is 0.472. The number of rotatable bonds is 4. The topological polar surface area (TPSA) is 58.0 Å². The second kappa shape index (κ2) is 7.18. The Kier molecular flexibility index (Phi) is 4.37. The third kappa shape index (κ3) is 3.30. The van der Waals surface area contributed by atoms with Crippen LogP contribution in [0.1, 0.15) is 22.7 Å². The molecule has 29 heavy (non-hydrogen) atoms. The van der Waals surface area contributed by atoms with Gasteiger partial charge in [0.1, 0.15) is 11.3 Å². The van der Waals surface area contributed by atoms with Crippen molar-refractivity contribution in [2.75, 3.05) is 5.32 Å². The highest BCUT2D eigenvalue weighted by atomic mass is 32.1. The van der Waals surface area contributed by atoms with E-state index in [-0.39, 0.29) is 11.8 Å². The fraction of sp³-hybridized carbons (Fsp3) is 0.0833. The number of benzene rings is 3. The van der Waals surface area contributed by atoms with Crippen LogP contribution in [0.3, 0.4) is 0 Å². The average Bonchev–Trinajstić information content (AvgIpc) is 3.16. The largest absolute Gasteiger partial charge is 0.505 e. The number of aryl methyl sites for hydroxylation is 1. The molecule has 0 amide bonds. The van der Waals surface area contributed by atoms with E-state index in [1.54, 1.807) is 17.5 Å². The van der Waals surface area contributed by atoms with Crippen molar-refractivity contribution in [1.29, 1.82) is 0 Å². The Hall–Kier alpha value is -3.44. The molecule has 3 aromatic carbocycles. The molecule has 2 heterocycles. The smallest absolute Gasteiger partial charge is 0.184 e. The molecule has 2 aromatic heterocycles. The summed E-state index contributed by atoms with van der Waals surface area (Å²) in [4.78, 5) is 9.11. The lowest BCUT2D eigenvalue weighted by Gasteiger charge is -2.21. The maximum absolute atomic E-state index is 11.0. The minimum absolute atomic E-state index is 0.197. The van der Waals surface area contributed by atoms with Gasteiger partial charge in [0, 0.05) is 17.1 Å². The SMILES string of the molecule is Cc1ccc(C(Nc2nc3ccccc3s2)c2ccc3cccnc3c2O)cc1. The number of hydrogen-bond acceptors (Lipinski definition) is 5. The van der Waals surface area contributed by atoms with Crippen LogP contribution in [0, 0.1) is 6.92 Å². The number of hydrogen-bond donors (Lipinski definition) is 2. The molecule has 0 spiro atoms. The third-order valence-electron chi connectivity index (χ3n) is 5.06. The molecule has 0 saturated carbocycles. The molecule has 4 nitrogen and oxygen atoms in total. The first-order valence-corrected chi connectivity index (χ1v) is 10.3. The molecule has 0 aliphatic carbocycles. The van der Waals surface area contributed by atoms with E-state index < -0.39 is 0 Å². The highest BCUT2D eigenvalue weighted by Gasteiger charge is 2.21.